The predicted molar refractivity (Wildman–Crippen MR) is 121 cm³/mol. The number of benzene rings is 2. The minimum absolute atomic E-state index is 0.0625. The number of amides is 2. The summed E-state index contributed by atoms with van der Waals surface area (Å²) in [4.78, 5) is 28.8. The van der Waals surface area contributed by atoms with Crippen molar-refractivity contribution >= 4 is 35.2 Å². The fraction of sp³-hybridized carbons (Fsp3) is 0.391. The van der Waals surface area contributed by atoms with Crippen molar-refractivity contribution in [3.05, 3.63) is 65.2 Å². The van der Waals surface area contributed by atoms with Gasteiger partial charge in [0.05, 0.1) is 5.75 Å². The molecule has 0 aliphatic rings. The van der Waals surface area contributed by atoms with Gasteiger partial charge in [0.1, 0.15) is 6.04 Å². The van der Waals surface area contributed by atoms with E-state index in [9.17, 15) is 9.59 Å². The van der Waals surface area contributed by atoms with Gasteiger partial charge in [-0.1, -0.05) is 61.8 Å². The maximum Gasteiger partial charge on any atom is 0.243 e. The molecule has 0 radical (unpaired) electrons. The monoisotopic (exact) mass is 432 g/mol. The number of nitrogens with one attached hydrogen (secondary N) is 1. The third kappa shape index (κ3) is 7.09. The summed E-state index contributed by atoms with van der Waals surface area (Å²) in [7, 11) is 0. The Labute approximate surface area is 183 Å². The minimum atomic E-state index is -0.538. The van der Waals surface area contributed by atoms with Crippen molar-refractivity contribution in [2.75, 3.05) is 5.75 Å². The SMILES string of the molecule is CC[C@@H](C)NC(=O)[C@@H](CC)N(Cc1ccccc1Cl)C(=O)CSc1ccccc1. The molecular formula is C23H29ClN2O2S. The highest BCUT2D eigenvalue weighted by Gasteiger charge is 2.29. The van der Waals surface area contributed by atoms with E-state index in [-0.39, 0.29) is 23.6 Å². The van der Waals surface area contributed by atoms with Crippen LogP contribution in [0.25, 0.3) is 0 Å². The molecule has 0 aromatic heterocycles. The molecule has 29 heavy (non-hydrogen) atoms. The van der Waals surface area contributed by atoms with E-state index in [1.54, 1.807) is 11.0 Å². The Morgan fingerprint density at radius 2 is 1.69 bits per heavy atom. The molecule has 2 aromatic carbocycles. The van der Waals surface area contributed by atoms with Crippen molar-refractivity contribution in [2.45, 2.75) is 57.1 Å². The minimum Gasteiger partial charge on any atom is -0.352 e. The number of carbonyl (C=O) groups excluding carboxylic acids is 2. The van der Waals surface area contributed by atoms with Crippen LogP contribution >= 0.6 is 23.4 Å². The predicted octanol–water partition coefficient (Wildman–Crippen LogP) is 5.15. The number of hydrogen-bond donors (Lipinski definition) is 1. The lowest BCUT2D eigenvalue weighted by atomic mass is 10.1. The molecule has 156 valence electrons. The molecular weight excluding hydrogens is 404 g/mol. The average Bonchev–Trinajstić information content (AvgIpc) is 2.73. The van der Waals surface area contributed by atoms with Crippen molar-refractivity contribution in [1.29, 1.82) is 0 Å². The van der Waals surface area contributed by atoms with Gasteiger partial charge in [0.15, 0.2) is 0 Å². The van der Waals surface area contributed by atoms with Crippen molar-refractivity contribution in [3.8, 4) is 0 Å². The van der Waals surface area contributed by atoms with Crippen LogP contribution in [0.3, 0.4) is 0 Å². The normalized spacial score (nSPS) is 12.8. The van der Waals surface area contributed by atoms with Gasteiger partial charge in [-0.2, -0.15) is 0 Å². The van der Waals surface area contributed by atoms with Gasteiger partial charge >= 0.3 is 0 Å². The number of nitrogens with zero attached hydrogens (tertiary/aromatic N) is 1. The van der Waals surface area contributed by atoms with Gasteiger partial charge in [0.2, 0.25) is 11.8 Å². The van der Waals surface area contributed by atoms with Gasteiger partial charge in [-0.15, -0.1) is 11.8 Å². The zero-order valence-electron chi connectivity index (χ0n) is 17.2. The second kappa shape index (κ2) is 11.9. The van der Waals surface area contributed by atoms with Gasteiger partial charge in [-0.05, 0) is 43.5 Å². The van der Waals surface area contributed by atoms with Crippen molar-refractivity contribution < 1.29 is 9.59 Å². The largest absolute Gasteiger partial charge is 0.352 e. The quantitative estimate of drug-likeness (QED) is 0.528. The zero-order chi connectivity index (χ0) is 21.2. The smallest absolute Gasteiger partial charge is 0.243 e. The van der Waals surface area contributed by atoms with Crippen LogP contribution in [-0.4, -0.2) is 34.6 Å². The number of thioether (sulfide) groups is 1. The zero-order valence-corrected chi connectivity index (χ0v) is 18.8. The highest BCUT2D eigenvalue weighted by Crippen LogP contribution is 2.22. The van der Waals surface area contributed by atoms with E-state index >= 15 is 0 Å². The van der Waals surface area contributed by atoms with Crippen LogP contribution in [0.2, 0.25) is 5.02 Å². The summed E-state index contributed by atoms with van der Waals surface area (Å²) in [6.45, 7) is 6.23. The molecule has 6 heteroatoms. The van der Waals surface area contributed by atoms with E-state index < -0.39 is 6.04 Å². The van der Waals surface area contributed by atoms with Crippen molar-refractivity contribution in [2.24, 2.45) is 0 Å². The Kier molecular flexibility index (Phi) is 9.55. The van der Waals surface area contributed by atoms with Crippen LogP contribution in [0.15, 0.2) is 59.5 Å². The molecule has 0 saturated carbocycles. The van der Waals surface area contributed by atoms with Crippen LogP contribution in [0.1, 0.15) is 39.2 Å². The summed E-state index contributed by atoms with van der Waals surface area (Å²) in [5, 5.41) is 3.61. The molecule has 0 bridgehead atoms. The Balaban J connectivity index is 2.22. The summed E-state index contributed by atoms with van der Waals surface area (Å²) in [6.07, 6.45) is 1.37. The molecule has 2 amide bonds. The average molecular weight is 433 g/mol. The lowest BCUT2D eigenvalue weighted by Gasteiger charge is -2.31. The van der Waals surface area contributed by atoms with Crippen LogP contribution < -0.4 is 5.32 Å². The number of halogens is 1. The molecule has 0 fully saturated rings. The molecule has 0 aliphatic carbocycles. The number of hydrogen-bond acceptors (Lipinski definition) is 3. The molecule has 0 heterocycles. The van der Waals surface area contributed by atoms with Crippen molar-refractivity contribution in [1.82, 2.24) is 10.2 Å². The molecule has 2 atom stereocenters. The van der Waals surface area contributed by atoms with E-state index in [2.05, 4.69) is 5.32 Å². The van der Waals surface area contributed by atoms with Crippen LogP contribution in [0.4, 0.5) is 0 Å². The highest BCUT2D eigenvalue weighted by atomic mass is 35.5. The lowest BCUT2D eigenvalue weighted by molar-refractivity contribution is -0.139. The molecule has 0 saturated heterocycles. The van der Waals surface area contributed by atoms with E-state index in [1.807, 2.05) is 69.3 Å². The highest BCUT2D eigenvalue weighted by molar-refractivity contribution is 8.00. The van der Waals surface area contributed by atoms with Gasteiger partial charge < -0.3 is 10.2 Å². The Morgan fingerprint density at radius 3 is 2.31 bits per heavy atom. The van der Waals surface area contributed by atoms with Crippen molar-refractivity contribution in [3.63, 3.8) is 0 Å². The molecule has 4 nitrogen and oxygen atoms in total. The molecule has 2 aromatic rings. The maximum atomic E-state index is 13.2. The summed E-state index contributed by atoms with van der Waals surface area (Å²) < 4.78 is 0. The molecule has 0 unspecified atom stereocenters. The fourth-order valence-corrected chi connectivity index (χ4v) is 3.92. The Hall–Kier alpha value is -1.98. The Morgan fingerprint density at radius 1 is 1.03 bits per heavy atom. The first-order valence-electron chi connectivity index (χ1n) is 9.97. The second-order valence-corrected chi connectivity index (χ2v) is 8.41. The fourth-order valence-electron chi connectivity index (χ4n) is 2.92. The summed E-state index contributed by atoms with van der Waals surface area (Å²) in [5.74, 6) is 0.0681. The summed E-state index contributed by atoms with van der Waals surface area (Å²) in [5.41, 5.74) is 0.835. The number of carbonyl (C=O) groups is 2. The first-order valence-corrected chi connectivity index (χ1v) is 11.3. The van der Waals surface area contributed by atoms with Crippen LogP contribution in [0, 0.1) is 0 Å². The standard InChI is InChI=1S/C23H29ClN2O2S/c1-4-17(3)25-23(28)21(5-2)26(15-18-11-9-10-14-20(18)24)22(27)16-29-19-12-7-6-8-13-19/h6-14,17,21H,4-5,15-16H2,1-3H3,(H,25,28)/t17-,21-/m1/s1. The molecule has 2 rings (SSSR count). The maximum absolute atomic E-state index is 13.2. The third-order valence-electron chi connectivity index (χ3n) is 4.79. The molecule has 0 spiro atoms. The summed E-state index contributed by atoms with van der Waals surface area (Å²) in [6, 6.07) is 16.8. The van der Waals surface area contributed by atoms with Gasteiger partial charge in [0.25, 0.3) is 0 Å². The van der Waals surface area contributed by atoms with E-state index in [4.69, 9.17) is 11.6 Å². The van der Waals surface area contributed by atoms with Gasteiger partial charge in [0, 0.05) is 22.5 Å². The van der Waals surface area contributed by atoms with E-state index in [0.29, 0.717) is 18.0 Å². The topological polar surface area (TPSA) is 49.4 Å². The first-order chi connectivity index (χ1) is 14.0. The summed E-state index contributed by atoms with van der Waals surface area (Å²) >= 11 is 7.81. The van der Waals surface area contributed by atoms with E-state index in [0.717, 1.165) is 16.9 Å². The van der Waals surface area contributed by atoms with Gasteiger partial charge in [-0.25, -0.2) is 0 Å². The molecule has 1 N–H and O–H groups in total. The van der Waals surface area contributed by atoms with E-state index in [1.165, 1.54) is 11.8 Å². The second-order valence-electron chi connectivity index (χ2n) is 6.96. The molecule has 0 aliphatic heterocycles. The Bertz CT molecular complexity index is 800. The third-order valence-corrected chi connectivity index (χ3v) is 6.16. The van der Waals surface area contributed by atoms with Gasteiger partial charge in [-0.3, -0.25) is 9.59 Å². The number of rotatable bonds is 10. The van der Waals surface area contributed by atoms with Crippen LogP contribution in [-0.2, 0) is 16.1 Å². The lowest BCUT2D eigenvalue weighted by Crippen LogP contribution is -2.51. The van der Waals surface area contributed by atoms with Crippen LogP contribution in [0.5, 0.6) is 0 Å². The first kappa shape index (κ1) is 23.3.